The Kier molecular flexibility index (Phi) is 8.91. The molecule has 0 spiro atoms. The SMILES string of the molecule is C=C/C=C(\C=C)C(C=NC)=C(N)C(=O)C(Nc1cncc(OC)c1)c1ccc(OC)nc1. The molecule has 0 fully saturated rings. The first kappa shape index (κ1) is 24.1. The molecule has 0 saturated heterocycles. The summed E-state index contributed by atoms with van der Waals surface area (Å²) in [6, 6.07) is 4.27. The van der Waals surface area contributed by atoms with Crippen LogP contribution in [0.25, 0.3) is 0 Å². The van der Waals surface area contributed by atoms with Gasteiger partial charge in [0.05, 0.1) is 38.0 Å². The van der Waals surface area contributed by atoms with Gasteiger partial charge in [0.25, 0.3) is 0 Å². The van der Waals surface area contributed by atoms with Crippen LogP contribution in [0.3, 0.4) is 0 Å². The van der Waals surface area contributed by atoms with E-state index in [4.69, 9.17) is 15.2 Å². The topological polar surface area (TPSA) is 112 Å². The number of hydrogen-bond donors (Lipinski definition) is 2. The van der Waals surface area contributed by atoms with E-state index in [-0.39, 0.29) is 11.5 Å². The van der Waals surface area contributed by atoms with E-state index in [1.807, 2.05) is 0 Å². The summed E-state index contributed by atoms with van der Waals surface area (Å²) >= 11 is 0. The van der Waals surface area contributed by atoms with Gasteiger partial charge >= 0.3 is 0 Å². The number of anilines is 1. The Morgan fingerprint density at radius 2 is 2.00 bits per heavy atom. The molecule has 166 valence electrons. The third-order valence-electron chi connectivity index (χ3n) is 4.47. The molecule has 0 aliphatic carbocycles. The number of Topliss-reactive ketones (excluding diaryl/α,β-unsaturated/α-hetero) is 1. The lowest BCUT2D eigenvalue weighted by atomic mass is 9.96. The molecular formula is C24H27N5O3. The molecule has 0 bridgehead atoms. The van der Waals surface area contributed by atoms with Gasteiger partial charge in [-0.15, -0.1) is 0 Å². The molecular weight excluding hydrogens is 406 g/mol. The summed E-state index contributed by atoms with van der Waals surface area (Å²) in [6.45, 7) is 7.49. The predicted octanol–water partition coefficient (Wildman–Crippen LogP) is 3.43. The average Bonchev–Trinajstić information content (AvgIpc) is 2.84. The van der Waals surface area contributed by atoms with E-state index in [1.54, 1.807) is 62.1 Å². The largest absolute Gasteiger partial charge is 0.495 e. The van der Waals surface area contributed by atoms with Gasteiger partial charge in [0.2, 0.25) is 11.7 Å². The molecule has 1 unspecified atom stereocenters. The maximum atomic E-state index is 13.6. The maximum absolute atomic E-state index is 13.6. The highest BCUT2D eigenvalue weighted by molar-refractivity contribution is 6.07. The monoisotopic (exact) mass is 433 g/mol. The molecule has 2 rings (SSSR count). The van der Waals surface area contributed by atoms with Crippen LogP contribution in [-0.4, -0.2) is 43.2 Å². The molecule has 0 aliphatic heterocycles. The van der Waals surface area contributed by atoms with Gasteiger partial charge in [-0.25, -0.2) is 4.98 Å². The Morgan fingerprint density at radius 3 is 2.56 bits per heavy atom. The normalized spacial score (nSPS) is 13.2. The number of ether oxygens (including phenoxy) is 2. The van der Waals surface area contributed by atoms with E-state index in [2.05, 4.69) is 33.4 Å². The number of nitrogens with two attached hydrogens (primary N) is 1. The lowest BCUT2D eigenvalue weighted by molar-refractivity contribution is -0.116. The van der Waals surface area contributed by atoms with Gasteiger partial charge in [-0.1, -0.05) is 31.4 Å². The molecule has 32 heavy (non-hydrogen) atoms. The van der Waals surface area contributed by atoms with E-state index in [9.17, 15) is 4.79 Å². The Balaban J connectivity index is 2.59. The number of ketones is 1. The number of nitrogens with zero attached hydrogens (tertiary/aromatic N) is 3. The number of nitrogens with one attached hydrogen (secondary N) is 1. The van der Waals surface area contributed by atoms with Crippen LogP contribution >= 0.6 is 0 Å². The van der Waals surface area contributed by atoms with Gasteiger partial charge in [0, 0.05) is 42.7 Å². The number of carbonyl (C=O) groups is 1. The quantitative estimate of drug-likeness (QED) is 0.317. The van der Waals surface area contributed by atoms with Crippen molar-refractivity contribution in [3.63, 3.8) is 0 Å². The van der Waals surface area contributed by atoms with Crippen LogP contribution in [0, 0.1) is 0 Å². The van der Waals surface area contributed by atoms with Gasteiger partial charge < -0.3 is 20.5 Å². The number of aliphatic imine (C=N–C) groups is 1. The van der Waals surface area contributed by atoms with Crippen molar-refractivity contribution in [1.82, 2.24) is 9.97 Å². The third-order valence-corrected chi connectivity index (χ3v) is 4.47. The third kappa shape index (κ3) is 5.91. The number of methoxy groups -OCH3 is 2. The van der Waals surface area contributed by atoms with E-state index < -0.39 is 6.04 Å². The van der Waals surface area contributed by atoms with Crippen molar-refractivity contribution in [2.75, 3.05) is 26.6 Å². The number of allylic oxidation sites excluding steroid dienone is 5. The fourth-order valence-electron chi connectivity index (χ4n) is 2.87. The fraction of sp³-hybridized carbons (Fsp3) is 0.167. The Morgan fingerprint density at radius 1 is 1.22 bits per heavy atom. The minimum atomic E-state index is -0.864. The van der Waals surface area contributed by atoms with Gasteiger partial charge in [-0.3, -0.25) is 14.8 Å². The van der Waals surface area contributed by atoms with Crippen molar-refractivity contribution in [1.29, 1.82) is 0 Å². The van der Waals surface area contributed by atoms with Gasteiger partial charge in [0.1, 0.15) is 11.8 Å². The minimum Gasteiger partial charge on any atom is -0.495 e. The first-order valence-corrected chi connectivity index (χ1v) is 9.66. The number of carbonyl (C=O) groups excluding carboxylic acids is 1. The van der Waals surface area contributed by atoms with E-state index >= 15 is 0 Å². The van der Waals surface area contributed by atoms with Gasteiger partial charge in [-0.05, 0) is 11.6 Å². The summed E-state index contributed by atoms with van der Waals surface area (Å²) in [5, 5.41) is 3.18. The lowest BCUT2D eigenvalue weighted by Crippen LogP contribution is -2.28. The van der Waals surface area contributed by atoms with Crippen LogP contribution in [0.5, 0.6) is 11.6 Å². The van der Waals surface area contributed by atoms with Gasteiger partial charge in [-0.2, -0.15) is 0 Å². The van der Waals surface area contributed by atoms with Crippen molar-refractivity contribution in [3.05, 3.63) is 90.6 Å². The molecule has 1 atom stereocenters. The highest BCUT2D eigenvalue weighted by Gasteiger charge is 2.26. The molecule has 0 radical (unpaired) electrons. The van der Waals surface area contributed by atoms with E-state index in [1.165, 1.54) is 20.4 Å². The summed E-state index contributed by atoms with van der Waals surface area (Å²) < 4.78 is 10.4. The molecule has 0 aliphatic rings. The summed E-state index contributed by atoms with van der Waals surface area (Å²) in [6.07, 6.45) is 11.1. The molecule has 0 aromatic carbocycles. The van der Waals surface area contributed by atoms with Crippen LogP contribution in [0.1, 0.15) is 11.6 Å². The molecule has 2 aromatic heterocycles. The Labute approximate surface area is 187 Å². The van der Waals surface area contributed by atoms with Crippen LogP contribution < -0.4 is 20.5 Å². The number of pyridine rings is 2. The van der Waals surface area contributed by atoms with E-state index in [0.29, 0.717) is 34.0 Å². The smallest absolute Gasteiger partial charge is 0.212 e. The van der Waals surface area contributed by atoms with Crippen molar-refractivity contribution in [2.24, 2.45) is 10.7 Å². The highest BCUT2D eigenvalue weighted by Crippen LogP contribution is 2.26. The number of aromatic nitrogens is 2. The first-order valence-electron chi connectivity index (χ1n) is 9.66. The van der Waals surface area contributed by atoms with Crippen molar-refractivity contribution >= 4 is 17.7 Å². The minimum absolute atomic E-state index is 0.00720. The Hall–Kier alpha value is -4.20. The molecule has 0 saturated carbocycles. The molecule has 0 amide bonds. The average molecular weight is 434 g/mol. The van der Waals surface area contributed by atoms with Crippen LogP contribution in [0.2, 0.25) is 0 Å². The molecule has 8 heteroatoms. The summed E-state index contributed by atoms with van der Waals surface area (Å²) in [4.78, 5) is 26.0. The van der Waals surface area contributed by atoms with Crippen molar-refractivity contribution < 1.29 is 14.3 Å². The van der Waals surface area contributed by atoms with E-state index in [0.717, 1.165) is 0 Å². The van der Waals surface area contributed by atoms with Crippen molar-refractivity contribution in [2.45, 2.75) is 6.04 Å². The molecule has 3 N–H and O–H groups in total. The zero-order valence-electron chi connectivity index (χ0n) is 18.4. The lowest BCUT2D eigenvalue weighted by Gasteiger charge is -2.21. The standard InChI is InChI=1S/C24H27N5O3/c1-6-8-16(7-2)20(15-26-3)22(25)24(30)23(17-9-10-21(32-5)28-12-17)29-18-11-19(31-4)14-27-13-18/h6-15,23,29H,1-2,25H2,3-5H3/b16-8+,22-20?,26-15?. The fourth-order valence-corrected chi connectivity index (χ4v) is 2.87. The molecule has 2 aromatic rings. The van der Waals surface area contributed by atoms with Gasteiger partial charge in [0.15, 0.2) is 0 Å². The predicted molar refractivity (Wildman–Crippen MR) is 127 cm³/mol. The number of hydrogen-bond acceptors (Lipinski definition) is 8. The molecule has 2 heterocycles. The second-order valence-electron chi connectivity index (χ2n) is 6.47. The summed E-state index contributed by atoms with van der Waals surface area (Å²) in [7, 11) is 4.65. The highest BCUT2D eigenvalue weighted by atomic mass is 16.5. The number of rotatable bonds is 11. The molecule has 8 nitrogen and oxygen atoms in total. The first-order chi connectivity index (χ1) is 15.5. The summed E-state index contributed by atoms with van der Waals surface area (Å²) in [5.74, 6) is 0.582. The van der Waals surface area contributed by atoms with Crippen LogP contribution in [0.4, 0.5) is 5.69 Å². The van der Waals surface area contributed by atoms with Crippen LogP contribution in [0.15, 0.2) is 90.0 Å². The van der Waals surface area contributed by atoms with Crippen molar-refractivity contribution in [3.8, 4) is 11.6 Å². The zero-order chi connectivity index (χ0) is 23.5. The summed E-state index contributed by atoms with van der Waals surface area (Å²) in [5.41, 5.74) is 8.56. The zero-order valence-corrected chi connectivity index (χ0v) is 18.4. The second-order valence-corrected chi connectivity index (χ2v) is 6.47. The van der Waals surface area contributed by atoms with Crippen LogP contribution in [-0.2, 0) is 4.79 Å². The second kappa shape index (κ2) is 11.8. The Bertz CT molecular complexity index is 1060. The maximum Gasteiger partial charge on any atom is 0.212 e.